The van der Waals surface area contributed by atoms with Crippen LogP contribution in [0.3, 0.4) is 0 Å². The molecule has 0 bridgehead atoms. The minimum absolute atomic E-state index is 0.00434. The highest BCUT2D eigenvalue weighted by Crippen LogP contribution is 2.48. The molecule has 1 aromatic carbocycles. The van der Waals surface area contributed by atoms with E-state index in [2.05, 4.69) is 39.4 Å². The fourth-order valence-corrected chi connectivity index (χ4v) is 5.45. The van der Waals surface area contributed by atoms with Gasteiger partial charge in [0.1, 0.15) is 11.6 Å². The molecule has 2 aliphatic rings. The highest BCUT2D eigenvalue weighted by Gasteiger charge is 2.44. The number of benzene rings is 1. The van der Waals surface area contributed by atoms with Crippen molar-refractivity contribution in [3.8, 4) is 11.1 Å². The van der Waals surface area contributed by atoms with Crippen LogP contribution in [-0.4, -0.2) is 38.7 Å². The summed E-state index contributed by atoms with van der Waals surface area (Å²) in [5.74, 6) is 1.73. The largest absolute Gasteiger partial charge is 0.398 e. The van der Waals surface area contributed by atoms with Crippen LogP contribution < -0.4 is 16.0 Å². The van der Waals surface area contributed by atoms with Crippen molar-refractivity contribution >= 4 is 34.0 Å². The fraction of sp³-hybridized carbons (Fsp3) is 0.357. The van der Waals surface area contributed by atoms with E-state index in [-0.39, 0.29) is 17.7 Å². The topological polar surface area (TPSA) is 102 Å². The number of nitrogen functional groups attached to an aromatic ring is 1. The molecule has 1 aliphatic carbocycles. The zero-order valence-corrected chi connectivity index (χ0v) is 20.7. The summed E-state index contributed by atoms with van der Waals surface area (Å²) in [6.07, 6.45) is 11.9. The molecular formula is C28H31N7O. The number of nitrogens with one attached hydrogen (secondary N) is 1. The van der Waals surface area contributed by atoms with Gasteiger partial charge < -0.3 is 16.0 Å². The number of fused-ring (bicyclic) bond motifs is 1. The van der Waals surface area contributed by atoms with E-state index < -0.39 is 0 Å². The Bertz CT molecular complexity index is 1450. The molecule has 6 rings (SSSR count). The Morgan fingerprint density at radius 3 is 2.72 bits per heavy atom. The van der Waals surface area contributed by atoms with Crippen LogP contribution in [0.5, 0.6) is 0 Å². The molecule has 184 valence electrons. The second-order valence-electron chi connectivity index (χ2n) is 10.1. The standard InChI is InChI=1S/C28H31N7O/c1-17-6-7-30-27(35-8-4-3-5-9-35)26(17)19-10-18-12-25(31-15-23(18)24(29)11-19)33-28(36)22-13-21(22)20-14-32-34(2)16-20/h6-7,10-12,14-16,21-22H,3-5,8-9,13,29H2,1-2H3,(H,31,33,36)/t21-,22+/m0/s1. The first-order chi connectivity index (χ1) is 17.5. The maximum absolute atomic E-state index is 12.9. The minimum Gasteiger partial charge on any atom is -0.398 e. The summed E-state index contributed by atoms with van der Waals surface area (Å²) < 4.78 is 1.77. The van der Waals surface area contributed by atoms with Crippen LogP contribution in [0.4, 0.5) is 17.3 Å². The van der Waals surface area contributed by atoms with Gasteiger partial charge in [-0.05, 0) is 84.9 Å². The highest BCUT2D eigenvalue weighted by molar-refractivity contribution is 6.01. The van der Waals surface area contributed by atoms with E-state index in [1.165, 1.54) is 24.8 Å². The fourth-order valence-electron chi connectivity index (χ4n) is 5.45. The molecule has 1 amide bonds. The van der Waals surface area contributed by atoms with Crippen molar-refractivity contribution < 1.29 is 4.79 Å². The van der Waals surface area contributed by atoms with Gasteiger partial charge in [-0.3, -0.25) is 9.48 Å². The molecule has 8 heteroatoms. The third-order valence-electron chi connectivity index (χ3n) is 7.48. The first-order valence-corrected chi connectivity index (χ1v) is 12.7. The molecular weight excluding hydrogens is 450 g/mol. The molecule has 3 N–H and O–H groups in total. The number of carbonyl (C=O) groups is 1. The molecule has 2 fully saturated rings. The molecule has 1 saturated heterocycles. The number of piperidine rings is 1. The van der Waals surface area contributed by atoms with E-state index in [1.807, 2.05) is 37.8 Å². The summed E-state index contributed by atoms with van der Waals surface area (Å²) in [5, 5.41) is 9.06. The maximum atomic E-state index is 12.9. The number of hydrogen-bond acceptors (Lipinski definition) is 6. The van der Waals surface area contributed by atoms with Gasteiger partial charge in [0.2, 0.25) is 5.91 Å². The predicted molar refractivity (Wildman–Crippen MR) is 143 cm³/mol. The predicted octanol–water partition coefficient (Wildman–Crippen LogP) is 4.65. The quantitative estimate of drug-likeness (QED) is 0.402. The van der Waals surface area contributed by atoms with Gasteiger partial charge in [-0.1, -0.05) is 0 Å². The van der Waals surface area contributed by atoms with E-state index >= 15 is 0 Å². The molecule has 2 atom stereocenters. The van der Waals surface area contributed by atoms with Crippen molar-refractivity contribution in [1.82, 2.24) is 19.7 Å². The van der Waals surface area contributed by atoms with Gasteiger partial charge in [-0.2, -0.15) is 5.10 Å². The van der Waals surface area contributed by atoms with Crippen LogP contribution in [0.2, 0.25) is 0 Å². The van der Waals surface area contributed by atoms with Gasteiger partial charge in [0.25, 0.3) is 0 Å². The zero-order valence-electron chi connectivity index (χ0n) is 20.7. The number of rotatable bonds is 5. The Kier molecular flexibility index (Phi) is 5.59. The van der Waals surface area contributed by atoms with Gasteiger partial charge in [0.15, 0.2) is 0 Å². The lowest BCUT2D eigenvalue weighted by Gasteiger charge is -2.30. The van der Waals surface area contributed by atoms with Crippen LogP contribution >= 0.6 is 0 Å². The number of nitrogens with two attached hydrogens (primary N) is 1. The third kappa shape index (κ3) is 4.17. The lowest BCUT2D eigenvalue weighted by molar-refractivity contribution is -0.117. The van der Waals surface area contributed by atoms with Gasteiger partial charge in [0.05, 0.1) is 6.20 Å². The Morgan fingerprint density at radius 2 is 1.94 bits per heavy atom. The first kappa shape index (κ1) is 22.5. The highest BCUT2D eigenvalue weighted by atomic mass is 16.2. The second kappa shape index (κ2) is 8.93. The van der Waals surface area contributed by atoms with Crippen molar-refractivity contribution in [1.29, 1.82) is 0 Å². The number of pyridine rings is 2. The molecule has 0 radical (unpaired) electrons. The SMILES string of the molecule is Cc1ccnc(N2CCCCC2)c1-c1cc(N)c2cnc(NC(=O)[C@@H]3C[C@H]3c3cnn(C)c3)cc2c1. The van der Waals surface area contributed by atoms with Gasteiger partial charge in [-0.15, -0.1) is 0 Å². The first-order valence-electron chi connectivity index (χ1n) is 12.7. The third-order valence-corrected chi connectivity index (χ3v) is 7.48. The number of nitrogens with zero attached hydrogens (tertiary/aromatic N) is 5. The van der Waals surface area contributed by atoms with Crippen LogP contribution in [-0.2, 0) is 11.8 Å². The van der Waals surface area contributed by atoms with Crippen molar-refractivity contribution in [2.75, 3.05) is 29.0 Å². The van der Waals surface area contributed by atoms with E-state index in [4.69, 9.17) is 10.7 Å². The molecule has 4 aromatic rings. The van der Waals surface area contributed by atoms with E-state index in [0.717, 1.165) is 52.8 Å². The molecule has 0 spiro atoms. The molecule has 1 saturated carbocycles. The molecule has 3 aromatic heterocycles. The van der Waals surface area contributed by atoms with Gasteiger partial charge in [-0.25, -0.2) is 9.97 Å². The molecule has 36 heavy (non-hydrogen) atoms. The monoisotopic (exact) mass is 481 g/mol. The summed E-state index contributed by atoms with van der Waals surface area (Å²) in [4.78, 5) is 24.5. The molecule has 0 unspecified atom stereocenters. The Hall–Kier alpha value is -3.94. The normalized spacial score (nSPS) is 19.4. The zero-order chi connectivity index (χ0) is 24.8. The Morgan fingerprint density at radius 1 is 1.11 bits per heavy atom. The maximum Gasteiger partial charge on any atom is 0.229 e. The summed E-state index contributed by atoms with van der Waals surface area (Å²) in [6.45, 7) is 4.17. The van der Waals surface area contributed by atoms with E-state index in [0.29, 0.717) is 11.5 Å². The van der Waals surface area contributed by atoms with Crippen molar-refractivity contribution in [3.05, 3.63) is 60.2 Å². The van der Waals surface area contributed by atoms with Crippen molar-refractivity contribution in [2.45, 2.75) is 38.5 Å². The average Bonchev–Trinajstić information content (AvgIpc) is 3.57. The molecule has 8 nitrogen and oxygen atoms in total. The van der Waals surface area contributed by atoms with Gasteiger partial charge >= 0.3 is 0 Å². The number of aromatic nitrogens is 4. The molecule has 4 heterocycles. The Balaban J connectivity index is 1.30. The summed E-state index contributed by atoms with van der Waals surface area (Å²) in [5.41, 5.74) is 11.6. The number of hydrogen-bond donors (Lipinski definition) is 2. The summed E-state index contributed by atoms with van der Waals surface area (Å²) >= 11 is 0. The number of anilines is 3. The van der Waals surface area contributed by atoms with Crippen molar-refractivity contribution in [3.63, 3.8) is 0 Å². The average molecular weight is 482 g/mol. The molecule has 1 aliphatic heterocycles. The Labute approximate surface area is 210 Å². The van der Waals surface area contributed by atoms with Crippen LogP contribution in [0.1, 0.15) is 42.7 Å². The van der Waals surface area contributed by atoms with Gasteiger partial charge in [0, 0.05) is 61.3 Å². The van der Waals surface area contributed by atoms with Crippen LogP contribution in [0.15, 0.2) is 49.1 Å². The second-order valence-corrected chi connectivity index (χ2v) is 10.1. The number of amides is 1. The lowest BCUT2D eigenvalue weighted by atomic mass is 9.97. The van der Waals surface area contributed by atoms with Crippen LogP contribution in [0, 0.1) is 12.8 Å². The van der Waals surface area contributed by atoms with E-state index in [1.54, 1.807) is 10.9 Å². The summed E-state index contributed by atoms with van der Waals surface area (Å²) in [7, 11) is 1.89. The lowest BCUT2D eigenvalue weighted by Crippen LogP contribution is -2.30. The summed E-state index contributed by atoms with van der Waals surface area (Å²) in [6, 6.07) is 8.12. The van der Waals surface area contributed by atoms with Crippen LogP contribution in [0.25, 0.3) is 21.9 Å². The van der Waals surface area contributed by atoms with Crippen molar-refractivity contribution in [2.24, 2.45) is 13.0 Å². The smallest absolute Gasteiger partial charge is 0.229 e. The number of aryl methyl sites for hydroxylation is 2. The number of carbonyl (C=O) groups excluding carboxylic acids is 1. The van der Waals surface area contributed by atoms with E-state index in [9.17, 15) is 4.79 Å². The minimum atomic E-state index is -0.0479.